The van der Waals surface area contributed by atoms with Gasteiger partial charge in [-0.3, -0.25) is 0 Å². The van der Waals surface area contributed by atoms with Crippen molar-refractivity contribution in [1.29, 1.82) is 0 Å². The zero-order chi connectivity index (χ0) is 12.4. The standard InChI is InChI=1S/C12H17BrN2OS/c1-7(2)11-10(13)12(17)15-9(14-11)5-8-3-4-16-6-8/h7-8H,3-6H2,1-2H3,(H,14,15,17). The van der Waals surface area contributed by atoms with Crippen LogP contribution in [0.2, 0.25) is 0 Å². The number of hydrogen-bond donors (Lipinski definition) is 1. The van der Waals surface area contributed by atoms with E-state index < -0.39 is 0 Å². The quantitative estimate of drug-likeness (QED) is 0.866. The van der Waals surface area contributed by atoms with Crippen LogP contribution in [0.15, 0.2) is 4.47 Å². The molecule has 1 aliphatic rings. The number of aromatic amines is 1. The fourth-order valence-corrected chi connectivity index (χ4v) is 2.90. The summed E-state index contributed by atoms with van der Waals surface area (Å²) in [6, 6.07) is 0. The van der Waals surface area contributed by atoms with Crippen LogP contribution in [0.1, 0.15) is 37.7 Å². The molecule has 1 aromatic rings. The molecule has 0 radical (unpaired) electrons. The Morgan fingerprint density at radius 2 is 2.35 bits per heavy atom. The maximum atomic E-state index is 5.38. The minimum atomic E-state index is 0.410. The molecular formula is C12H17BrN2OS. The Kier molecular flexibility index (Phi) is 4.33. The van der Waals surface area contributed by atoms with Crippen molar-refractivity contribution in [2.75, 3.05) is 13.2 Å². The lowest BCUT2D eigenvalue weighted by Crippen LogP contribution is -2.10. The van der Waals surface area contributed by atoms with E-state index in [0.717, 1.165) is 42.0 Å². The van der Waals surface area contributed by atoms with Crippen molar-refractivity contribution in [2.24, 2.45) is 5.92 Å². The summed E-state index contributed by atoms with van der Waals surface area (Å²) < 4.78 is 6.96. The Bertz CT molecular complexity index is 452. The first-order valence-corrected chi connectivity index (χ1v) is 7.14. The number of ether oxygens (including phenoxy) is 1. The summed E-state index contributed by atoms with van der Waals surface area (Å²) in [4.78, 5) is 7.84. The van der Waals surface area contributed by atoms with Crippen LogP contribution in [0.5, 0.6) is 0 Å². The summed E-state index contributed by atoms with van der Waals surface area (Å²) in [5, 5.41) is 0. The summed E-state index contributed by atoms with van der Waals surface area (Å²) in [5.41, 5.74) is 1.14. The molecule has 17 heavy (non-hydrogen) atoms. The van der Waals surface area contributed by atoms with Crippen LogP contribution < -0.4 is 0 Å². The van der Waals surface area contributed by atoms with Gasteiger partial charge in [0.1, 0.15) is 10.5 Å². The molecule has 1 N–H and O–H groups in total. The summed E-state index contributed by atoms with van der Waals surface area (Å²) in [7, 11) is 0. The van der Waals surface area contributed by atoms with E-state index in [1.54, 1.807) is 0 Å². The van der Waals surface area contributed by atoms with Crippen molar-refractivity contribution in [3.63, 3.8) is 0 Å². The molecule has 1 saturated heterocycles. The molecule has 1 aliphatic heterocycles. The molecule has 94 valence electrons. The van der Waals surface area contributed by atoms with Crippen molar-refractivity contribution < 1.29 is 4.74 Å². The highest BCUT2D eigenvalue weighted by atomic mass is 79.9. The van der Waals surface area contributed by atoms with Gasteiger partial charge in [-0.1, -0.05) is 26.1 Å². The molecule has 1 atom stereocenters. The minimum absolute atomic E-state index is 0.410. The van der Waals surface area contributed by atoms with Crippen LogP contribution in [-0.2, 0) is 11.2 Å². The molecule has 1 unspecified atom stereocenters. The topological polar surface area (TPSA) is 37.9 Å². The second-order valence-electron chi connectivity index (χ2n) is 4.80. The van der Waals surface area contributed by atoms with Crippen molar-refractivity contribution in [1.82, 2.24) is 9.97 Å². The molecule has 0 saturated carbocycles. The average Bonchev–Trinajstić information content (AvgIpc) is 2.75. The molecule has 0 bridgehead atoms. The van der Waals surface area contributed by atoms with Crippen LogP contribution in [0, 0.1) is 10.6 Å². The maximum Gasteiger partial charge on any atom is 0.144 e. The first-order valence-electron chi connectivity index (χ1n) is 5.94. The maximum absolute atomic E-state index is 5.38. The van der Waals surface area contributed by atoms with E-state index in [9.17, 15) is 0 Å². The first kappa shape index (κ1) is 13.2. The Balaban J connectivity index is 2.25. The van der Waals surface area contributed by atoms with Gasteiger partial charge in [0.05, 0.1) is 4.47 Å². The van der Waals surface area contributed by atoms with Crippen LogP contribution >= 0.6 is 28.1 Å². The number of rotatable bonds is 3. The summed E-state index contributed by atoms with van der Waals surface area (Å²) in [5.74, 6) is 1.97. The third kappa shape index (κ3) is 3.14. The van der Waals surface area contributed by atoms with Crippen molar-refractivity contribution in [3.05, 3.63) is 20.6 Å². The van der Waals surface area contributed by atoms with Gasteiger partial charge in [-0.15, -0.1) is 0 Å². The predicted octanol–water partition coefficient (Wildman–Crippen LogP) is 3.60. The second kappa shape index (κ2) is 5.59. The second-order valence-corrected chi connectivity index (χ2v) is 5.98. The van der Waals surface area contributed by atoms with Gasteiger partial charge in [-0.2, -0.15) is 0 Å². The van der Waals surface area contributed by atoms with Crippen molar-refractivity contribution in [3.8, 4) is 0 Å². The van der Waals surface area contributed by atoms with E-state index in [0.29, 0.717) is 16.5 Å². The minimum Gasteiger partial charge on any atom is -0.381 e. The number of nitrogens with zero attached hydrogens (tertiary/aromatic N) is 1. The highest BCUT2D eigenvalue weighted by molar-refractivity contribution is 9.10. The van der Waals surface area contributed by atoms with E-state index in [1.165, 1.54) is 0 Å². The monoisotopic (exact) mass is 316 g/mol. The van der Waals surface area contributed by atoms with Gasteiger partial charge in [0.25, 0.3) is 0 Å². The Morgan fingerprint density at radius 3 is 2.94 bits per heavy atom. The Labute approximate surface area is 115 Å². The number of nitrogens with one attached hydrogen (secondary N) is 1. The van der Waals surface area contributed by atoms with E-state index in [1.807, 2.05) is 0 Å². The van der Waals surface area contributed by atoms with Gasteiger partial charge < -0.3 is 9.72 Å². The van der Waals surface area contributed by atoms with Gasteiger partial charge in [-0.25, -0.2) is 4.98 Å². The summed E-state index contributed by atoms with van der Waals surface area (Å²) >= 11 is 8.78. The van der Waals surface area contributed by atoms with Crippen molar-refractivity contribution in [2.45, 2.75) is 32.6 Å². The van der Waals surface area contributed by atoms with E-state index >= 15 is 0 Å². The average molecular weight is 317 g/mol. The number of hydrogen-bond acceptors (Lipinski definition) is 3. The molecule has 0 aromatic carbocycles. The smallest absolute Gasteiger partial charge is 0.144 e. The normalized spacial score (nSPS) is 20.1. The first-order chi connectivity index (χ1) is 8.08. The third-order valence-corrected chi connectivity index (χ3v) is 4.38. The van der Waals surface area contributed by atoms with Crippen LogP contribution in [0.3, 0.4) is 0 Å². The van der Waals surface area contributed by atoms with E-state index in [4.69, 9.17) is 17.0 Å². The van der Waals surface area contributed by atoms with Crippen LogP contribution in [0.4, 0.5) is 0 Å². The van der Waals surface area contributed by atoms with E-state index in [-0.39, 0.29) is 0 Å². The Morgan fingerprint density at radius 1 is 1.59 bits per heavy atom. The predicted molar refractivity (Wildman–Crippen MR) is 73.8 cm³/mol. The zero-order valence-electron chi connectivity index (χ0n) is 10.1. The van der Waals surface area contributed by atoms with Gasteiger partial charge in [0.15, 0.2) is 0 Å². The molecule has 0 spiro atoms. The molecule has 2 rings (SSSR count). The lowest BCUT2D eigenvalue weighted by Gasteiger charge is -2.13. The molecule has 1 aromatic heterocycles. The lowest BCUT2D eigenvalue weighted by molar-refractivity contribution is 0.185. The van der Waals surface area contributed by atoms with Gasteiger partial charge in [0.2, 0.25) is 0 Å². The Hall–Kier alpha value is -0.260. The fourth-order valence-electron chi connectivity index (χ4n) is 2.04. The number of aromatic nitrogens is 2. The van der Waals surface area contributed by atoms with Gasteiger partial charge in [-0.05, 0) is 34.2 Å². The molecule has 1 fully saturated rings. The molecule has 5 heteroatoms. The molecule has 0 aliphatic carbocycles. The molecule has 2 heterocycles. The fraction of sp³-hybridized carbons (Fsp3) is 0.667. The van der Waals surface area contributed by atoms with Crippen molar-refractivity contribution >= 4 is 28.1 Å². The lowest BCUT2D eigenvalue weighted by atomic mass is 10.0. The summed E-state index contributed by atoms with van der Waals surface area (Å²) in [6.45, 7) is 6.01. The SMILES string of the molecule is CC(C)c1[nH]c(CC2CCOC2)nc(=S)c1Br. The molecule has 0 amide bonds. The molecule has 3 nitrogen and oxygen atoms in total. The van der Waals surface area contributed by atoms with Gasteiger partial charge in [0, 0.05) is 25.3 Å². The third-order valence-electron chi connectivity index (χ3n) is 3.02. The van der Waals surface area contributed by atoms with Crippen LogP contribution in [-0.4, -0.2) is 23.2 Å². The van der Waals surface area contributed by atoms with Gasteiger partial charge >= 0.3 is 0 Å². The van der Waals surface area contributed by atoms with Crippen LogP contribution in [0.25, 0.3) is 0 Å². The molecular weight excluding hydrogens is 300 g/mol. The highest BCUT2D eigenvalue weighted by Gasteiger charge is 2.18. The number of H-pyrrole nitrogens is 1. The van der Waals surface area contributed by atoms with E-state index in [2.05, 4.69) is 39.7 Å². The largest absolute Gasteiger partial charge is 0.381 e. The highest BCUT2D eigenvalue weighted by Crippen LogP contribution is 2.24. The summed E-state index contributed by atoms with van der Waals surface area (Å²) in [6.07, 6.45) is 2.05. The number of halogens is 1. The zero-order valence-corrected chi connectivity index (χ0v) is 12.5.